The first-order chi connectivity index (χ1) is 11.8. The van der Waals surface area contributed by atoms with Gasteiger partial charge in [-0.2, -0.15) is 0 Å². The molecular weight excluding hydrogens is 378 g/mol. The number of halogens is 1. The summed E-state index contributed by atoms with van der Waals surface area (Å²) >= 11 is 3.47. The van der Waals surface area contributed by atoms with E-state index in [2.05, 4.69) is 33.0 Å². The van der Waals surface area contributed by atoms with Crippen molar-refractivity contribution in [1.29, 1.82) is 0 Å². The summed E-state index contributed by atoms with van der Waals surface area (Å²) < 4.78 is 6.56. The van der Waals surface area contributed by atoms with Crippen molar-refractivity contribution in [2.24, 2.45) is 0 Å². The Morgan fingerprint density at radius 3 is 2.44 bits per heavy atom. The molecule has 1 N–H and O–H groups in total. The minimum atomic E-state index is -0.484. The van der Waals surface area contributed by atoms with E-state index in [1.807, 2.05) is 63.2 Å². The monoisotopic (exact) mass is 399 g/mol. The molecule has 0 fully saturated rings. The van der Waals surface area contributed by atoms with Crippen LogP contribution in [0.4, 0.5) is 0 Å². The van der Waals surface area contributed by atoms with E-state index in [0.717, 1.165) is 26.6 Å². The molecule has 130 valence electrons. The summed E-state index contributed by atoms with van der Waals surface area (Å²) in [6.07, 6.45) is 0.297. The van der Waals surface area contributed by atoms with E-state index in [0.29, 0.717) is 6.42 Å². The van der Waals surface area contributed by atoms with Crippen LogP contribution in [0.1, 0.15) is 44.4 Å². The molecule has 0 spiro atoms. The molecule has 0 saturated heterocycles. The summed E-state index contributed by atoms with van der Waals surface area (Å²) in [4.78, 5) is 15.9. The molecule has 0 aliphatic carbocycles. The lowest BCUT2D eigenvalue weighted by atomic mass is 9.92. The van der Waals surface area contributed by atoms with Gasteiger partial charge in [-0.05, 0) is 56.0 Å². The summed E-state index contributed by atoms with van der Waals surface area (Å²) in [5, 5.41) is 1.14. The number of aromatic amines is 1. The van der Waals surface area contributed by atoms with Crippen LogP contribution in [-0.4, -0.2) is 16.6 Å². The summed E-state index contributed by atoms with van der Waals surface area (Å²) in [7, 11) is 0. The molecular formula is C21H22BrNO2. The van der Waals surface area contributed by atoms with Gasteiger partial charge in [0, 0.05) is 21.6 Å². The van der Waals surface area contributed by atoms with E-state index < -0.39 is 5.60 Å². The number of benzene rings is 2. The van der Waals surface area contributed by atoms with Gasteiger partial charge in [0.05, 0.1) is 6.42 Å². The molecule has 0 aliphatic heterocycles. The maximum absolute atomic E-state index is 12.5. The summed E-state index contributed by atoms with van der Waals surface area (Å²) in [5.41, 5.74) is 2.70. The minimum Gasteiger partial charge on any atom is -0.460 e. The topological polar surface area (TPSA) is 42.1 Å². The van der Waals surface area contributed by atoms with Gasteiger partial charge in [-0.15, -0.1) is 0 Å². The Morgan fingerprint density at radius 2 is 1.80 bits per heavy atom. The van der Waals surface area contributed by atoms with Crippen LogP contribution in [0.2, 0.25) is 0 Å². The number of ether oxygens (including phenoxy) is 1. The van der Waals surface area contributed by atoms with Crippen LogP contribution in [0.5, 0.6) is 0 Å². The smallest absolute Gasteiger partial charge is 0.307 e. The third kappa shape index (κ3) is 4.51. The fraction of sp³-hybridized carbons (Fsp3) is 0.286. The van der Waals surface area contributed by atoms with Gasteiger partial charge in [0.25, 0.3) is 0 Å². The quantitative estimate of drug-likeness (QED) is 0.563. The highest BCUT2D eigenvalue weighted by Gasteiger charge is 2.24. The van der Waals surface area contributed by atoms with Crippen molar-refractivity contribution in [2.45, 2.75) is 38.7 Å². The Kier molecular flexibility index (Phi) is 5.00. The Morgan fingerprint density at radius 1 is 1.12 bits per heavy atom. The van der Waals surface area contributed by atoms with Crippen LogP contribution in [0, 0.1) is 0 Å². The van der Waals surface area contributed by atoms with Gasteiger partial charge in [-0.3, -0.25) is 4.79 Å². The fourth-order valence-corrected chi connectivity index (χ4v) is 3.20. The summed E-state index contributed by atoms with van der Waals surface area (Å²) in [5.74, 6) is -0.269. The maximum atomic E-state index is 12.5. The Balaban J connectivity index is 1.96. The molecule has 1 unspecified atom stereocenters. The first-order valence-corrected chi connectivity index (χ1v) is 9.16. The van der Waals surface area contributed by atoms with E-state index in [1.54, 1.807) is 0 Å². The lowest BCUT2D eigenvalue weighted by Crippen LogP contribution is -2.25. The highest BCUT2D eigenvalue weighted by molar-refractivity contribution is 9.10. The zero-order valence-electron chi connectivity index (χ0n) is 14.7. The second-order valence-corrected chi connectivity index (χ2v) is 8.12. The Bertz CT molecular complexity index is 842. The van der Waals surface area contributed by atoms with Crippen molar-refractivity contribution in [3.05, 3.63) is 70.3 Å². The van der Waals surface area contributed by atoms with E-state index in [-0.39, 0.29) is 11.9 Å². The number of rotatable bonds is 4. The number of para-hydroxylation sites is 1. The number of nitrogens with one attached hydrogen (secondary N) is 1. The number of H-pyrrole nitrogens is 1. The van der Waals surface area contributed by atoms with Crippen LogP contribution in [0.3, 0.4) is 0 Å². The molecule has 0 amide bonds. The van der Waals surface area contributed by atoms with Gasteiger partial charge < -0.3 is 9.72 Å². The van der Waals surface area contributed by atoms with E-state index >= 15 is 0 Å². The molecule has 4 heteroatoms. The number of fused-ring (bicyclic) bond motifs is 1. The molecule has 0 saturated carbocycles. The van der Waals surface area contributed by atoms with Crippen LogP contribution < -0.4 is 0 Å². The molecule has 1 heterocycles. The van der Waals surface area contributed by atoms with Crippen molar-refractivity contribution >= 4 is 32.8 Å². The standard InChI is InChI=1S/C21H22BrNO2/c1-21(2,3)25-20(24)13-17(14-8-10-16(22)11-9-14)19-12-15-6-4-5-7-18(15)23-19/h4-12,17,23H,13H2,1-3H3. The third-order valence-electron chi connectivity index (χ3n) is 3.99. The number of esters is 1. The van der Waals surface area contributed by atoms with E-state index in [1.165, 1.54) is 0 Å². The van der Waals surface area contributed by atoms with Crippen LogP contribution in [-0.2, 0) is 9.53 Å². The molecule has 1 atom stereocenters. The SMILES string of the molecule is CC(C)(C)OC(=O)CC(c1ccc(Br)cc1)c1cc2ccccc2[nH]1. The molecule has 2 aromatic carbocycles. The van der Waals surface area contributed by atoms with E-state index in [4.69, 9.17) is 4.74 Å². The van der Waals surface area contributed by atoms with E-state index in [9.17, 15) is 4.79 Å². The average Bonchev–Trinajstić information content (AvgIpc) is 2.95. The van der Waals surface area contributed by atoms with Crippen molar-refractivity contribution in [3.8, 4) is 0 Å². The molecule has 3 rings (SSSR count). The first-order valence-electron chi connectivity index (χ1n) is 8.37. The first kappa shape index (κ1) is 17.7. The van der Waals surface area contributed by atoms with Gasteiger partial charge in [0.15, 0.2) is 0 Å². The van der Waals surface area contributed by atoms with Crippen molar-refractivity contribution < 1.29 is 9.53 Å². The van der Waals surface area contributed by atoms with Gasteiger partial charge in [0.1, 0.15) is 5.60 Å². The largest absolute Gasteiger partial charge is 0.460 e. The van der Waals surface area contributed by atoms with Crippen LogP contribution >= 0.6 is 15.9 Å². The molecule has 0 radical (unpaired) electrons. The van der Waals surface area contributed by atoms with Crippen molar-refractivity contribution in [3.63, 3.8) is 0 Å². The number of aromatic nitrogens is 1. The predicted molar refractivity (Wildman–Crippen MR) is 105 cm³/mol. The Hall–Kier alpha value is -2.07. The zero-order valence-corrected chi connectivity index (χ0v) is 16.3. The second-order valence-electron chi connectivity index (χ2n) is 7.21. The number of carbonyl (C=O) groups is 1. The van der Waals surface area contributed by atoms with Crippen LogP contribution in [0.15, 0.2) is 59.1 Å². The number of hydrogen-bond acceptors (Lipinski definition) is 2. The zero-order chi connectivity index (χ0) is 18.0. The van der Waals surface area contributed by atoms with Gasteiger partial charge in [0.2, 0.25) is 0 Å². The second kappa shape index (κ2) is 7.04. The molecule has 0 aliphatic rings. The summed E-state index contributed by atoms with van der Waals surface area (Å²) in [6.45, 7) is 5.67. The lowest BCUT2D eigenvalue weighted by molar-refractivity contribution is -0.155. The normalized spacial score (nSPS) is 13.0. The molecule has 25 heavy (non-hydrogen) atoms. The molecule has 3 aromatic rings. The van der Waals surface area contributed by atoms with Gasteiger partial charge >= 0.3 is 5.97 Å². The minimum absolute atomic E-state index is 0.0738. The maximum Gasteiger partial charge on any atom is 0.307 e. The predicted octanol–water partition coefficient (Wildman–Crippen LogP) is 5.79. The van der Waals surface area contributed by atoms with Crippen LogP contribution in [0.25, 0.3) is 10.9 Å². The number of carbonyl (C=O) groups excluding carboxylic acids is 1. The highest BCUT2D eigenvalue weighted by atomic mass is 79.9. The number of hydrogen-bond donors (Lipinski definition) is 1. The third-order valence-corrected chi connectivity index (χ3v) is 4.52. The molecule has 1 aromatic heterocycles. The summed E-state index contributed by atoms with van der Waals surface area (Å²) in [6, 6.07) is 18.3. The lowest BCUT2D eigenvalue weighted by Gasteiger charge is -2.22. The average molecular weight is 400 g/mol. The Labute approximate surface area is 156 Å². The van der Waals surface area contributed by atoms with Gasteiger partial charge in [-0.1, -0.05) is 46.3 Å². The van der Waals surface area contributed by atoms with Crippen molar-refractivity contribution in [1.82, 2.24) is 4.98 Å². The highest BCUT2D eigenvalue weighted by Crippen LogP contribution is 2.31. The fourth-order valence-electron chi connectivity index (χ4n) is 2.94. The van der Waals surface area contributed by atoms with Gasteiger partial charge in [-0.25, -0.2) is 0 Å². The molecule has 0 bridgehead atoms. The molecule has 3 nitrogen and oxygen atoms in total. The van der Waals surface area contributed by atoms with Crippen molar-refractivity contribution in [2.75, 3.05) is 0 Å².